The van der Waals surface area contributed by atoms with Crippen molar-refractivity contribution in [1.82, 2.24) is 25.1 Å². The molecule has 2 fully saturated rings. The minimum Gasteiger partial charge on any atom is -0.469 e. The number of carbonyl (C=O) groups excluding carboxylic acids is 4. The van der Waals surface area contributed by atoms with Gasteiger partial charge in [0.1, 0.15) is 17.6 Å². The third-order valence-electron chi connectivity index (χ3n) is 11.9. The molecule has 3 amide bonds. The van der Waals surface area contributed by atoms with Gasteiger partial charge in [-0.15, -0.1) is 0 Å². The van der Waals surface area contributed by atoms with Crippen molar-refractivity contribution in [2.24, 2.45) is 34.6 Å². The van der Waals surface area contributed by atoms with Crippen molar-refractivity contribution in [3.05, 3.63) is 76.0 Å². The van der Waals surface area contributed by atoms with E-state index in [2.05, 4.69) is 66.0 Å². The molecule has 3 aromatic rings. The van der Waals surface area contributed by atoms with Crippen LogP contribution in [0.3, 0.4) is 0 Å². The Morgan fingerprint density at radius 1 is 0.817 bits per heavy atom. The van der Waals surface area contributed by atoms with Crippen molar-refractivity contribution in [2.75, 3.05) is 27.3 Å². The minimum atomic E-state index is -0.712. The van der Waals surface area contributed by atoms with Crippen LogP contribution < -0.4 is 5.32 Å². The highest BCUT2D eigenvalue weighted by atomic mass is 16.5. The largest absolute Gasteiger partial charge is 0.469 e. The van der Waals surface area contributed by atoms with Crippen LogP contribution in [0, 0.1) is 60.2 Å². The molecule has 6 rings (SSSR count). The van der Waals surface area contributed by atoms with Gasteiger partial charge in [-0.05, 0) is 91.3 Å². The molecular weight excluding hydrogens is 757 g/mol. The molecule has 1 aromatic heterocycles. The number of fused-ring (bicyclic) bond motifs is 1. The number of aromatic nitrogens is 2. The summed E-state index contributed by atoms with van der Waals surface area (Å²) < 4.78 is 9.68. The average Bonchev–Trinajstić information content (AvgIpc) is 4.00. The highest BCUT2D eigenvalue weighted by molar-refractivity contribution is 5.99. The second kappa shape index (κ2) is 18.6. The van der Waals surface area contributed by atoms with Crippen LogP contribution in [0.25, 0.3) is 10.8 Å². The number of allylic oxidation sites excluding steroid dienone is 2. The van der Waals surface area contributed by atoms with Crippen molar-refractivity contribution in [3.8, 4) is 23.7 Å². The number of hydrogen-bond acceptors (Lipinski definition) is 8. The fraction of sp³-hybridized carbons (Fsp3) is 0.500. The number of H-pyrrole nitrogens is 1. The number of methoxy groups -OCH3 is 2. The molecule has 6 atom stereocenters. The molecule has 12 heteroatoms. The van der Waals surface area contributed by atoms with E-state index in [4.69, 9.17) is 19.5 Å². The number of hydrogen-bond donors (Lipinski definition) is 2. The van der Waals surface area contributed by atoms with Gasteiger partial charge in [-0.1, -0.05) is 71.4 Å². The van der Waals surface area contributed by atoms with Gasteiger partial charge in [0, 0.05) is 53.3 Å². The number of ether oxygens (including phenoxy) is 2. The third kappa shape index (κ3) is 9.76. The van der Waals surface area contributed by atoms with Crippen LogP contribution >= 0.6 is 0 Å². The minimum absolute atomic E-state index is 0.00352. The van der Waals surface area contributed by atoms with Gasteiger partial charge in [-0.3, -0.25) is 19.4 Å². The van der Waals surface area contributed by atoms with Crippen molar-refractivity contribution in [1.29, 1.82) is 0 Å². The smallest absolute Gasteiger partial charge is 0.407 e. The number of nitrogens with one attached hydrogen (secondary N) is 2. The maximum Gasteiger partial charge on any atom is 0.407 e. The van der Waals surface area contributed by atoms with Gasteiger partial charge < -0.3 is 29.6 Å². The number of carbonyl (C=O) groups is 4. The monoisotopic (exact) mass is 814 g/mol. The Labute approximate surface area is 354 Å². The first-order valence-electron chi connectivity index (χ1n) is 21.0. The topological polar surface area (TPSA) is 146 Å². The zero-order chi connectivity index (χ0) is 43.4. The lowest BCUT2D eigenvalue weighted by atomic mass is 9.90. The van der Waals surface area contributed by atoms with Gasteiger partial charge in [0.05, 0.1) is 38.6 Å². The quantitative estimate of drug-likeness (QED) is 0.173. The fourth-order valence-electron chi connectivity index (χ4n) is 8.52. The first-order chi connectivity index (χ1) is 28.6. The highest BCUT2D eigenvalue weighted by Gasteiger charge is 2.42. The standard InChI is InChI=1S/C48H58N6O6/c1-27(2)38(24-43(55)59-9)46(56)53-25-29(5)19-41(53)40-23-35(31(7)49-40)15-11-33-12-16-37-22-34(13-17-36(37)21-33)14-18-39-32(8)50-45(51-39)42-20-30(6)26-54(42)47(57)44(28(3)4)52-48(58)60-10/h12-13,16-17,21-22,27-30,38,41-42,44H,19-20,23-26H2,1-10H3,(H,50,51)(H,52,58)/t29-,30-,38?,41-,42-,44-/m0/s1. The maximum atomic E-state index is 13.8. The van der Waals surface area contributed by atoms with Crippen molar-refractivity contribution < 1.29 is 28.7 Å². The second-order valence-corrected chi connectivity index (χ2v) is 17.4. The number of alkyl carbamates (subject to hydrolysis) is 1. The summed E-state index contributed by atoms with van der Waals surface area (Å²) >= 11 is 0. The molecule has 0 spiro atoms. The molecule has 3 aliphatic heterocycles. The summed E-state index contributed by atoms with van der Waals surface area (Å²) in [6.45, 7) is 17.1. The predicted molar refractivity (Wildman–Crippen MR) is 232 cm³/mol. The van der Waals surface area contributed by atoms with E-state index in [0.717, 1.165) is 57.4 Å². The van der Waals surface area contributed by atoms with E-state index in [-0.39, 0.29) is 54.0 Å². The molecule has 316 valence electrons. The van der Waals surface area contributed by atoms with Crippen molar-refractivity contribution >= 4 is 40.4 Å². The van der Waals surface area contributed by atoms with E-state index in [1.54, 1.807) is 0 Å². The highest BCUT2D eigenvalue weighted by Crippen LogP contribution is 2.36. The Kier molecular flexibility index (Phi) is 13.5. The van der Waals surface area contributed by atoms with E-state index in [9.17, 15) is 19.2 Å². The number of rotatable bonds is 9. The van der Waals surface area contributed by atoms with Crippen LogP contribution in [-0.4, -0.2) is 88.7 Å². The Morgan fingerprint density at radius 3 is 2.00 bits per heavy atom. The van der Waals surface area contributed by atoms with Gasteiger partial charge in [0.15, 0.2) is 0 Å². The van der Waals surface area contributed by atoms with Crippen LogP contribution in [0.4, 0.5) is 4.79 Å². The normalized spacial score (nSPS) is 21.0. The lowest BCUT2D eigenvalue weighted by Crippen LogP contribution is -2.51. The van der Waals surface area contributed by atoms with Gasteiger partial charge in [-0.25, -0.2) is 9.78 Å². The lowest BCUT2D eigenvalue weighted by Gasteiger charge is -2.30. The number of imidazole rings is 1. The Morgan fingerprint density at radius 2 is 1.42 bits per heavy atom. The van der Waals surface area contributed by atoms with Gasteiger partial charge in [0.2, 0.25) is 11.8 Å². The SMILES string of the molecule is COC(=O)CC(C(=O)N1C[C@@H](C)C[C@H]1C1=NC(C)=C(C#Cc2ccc3cc(C#Cc4nc([C@@H]5C[C@H](C)CN5C(=O)[C@@H](NC(=O)OC)C(C)C)[nH]c4C)ccc3c2)C1)C(C)C. The third-order valence-corrected chi connectivity index (χ3v) is 11.9. The number of aromatic amines is 1. The summed E-state index contributed by atoms with van der Waals surface area (Å²) in [5.74, 6) is 13.4. The summed E-state index contributed by atoms with van der Waals surface area (Å²) in [7, 11) is 2.65. The molecule has 2 N–H and O–H groups in total. The van der Waals surface area contributed by atoms with E-state index in [1.807, 2.05) is 69.5 Å². The van der Waals surface area contributed by atoms with Crippen molar-refractivity contribution in [3.63, 3.8) is 0 Å². The Hall–Kier alpha value is -5.88. The zero-order valence-corrected chi connectivity index (χ0v) is 36.6. The number of aryl methyl sites for hydroxylation is 1. The van der Waals surface area contributed by atoms with E-state index < -0.39 is 18.1 Å². The average molecular weight is 815 g/mol. The molecule has 3 aliphatic rings. The summed E-state index contributed by atoms with van der Waals surface area (Å²) in [5.41, 5.74) is 5.97. The number of aliphatic imine (C=N–C) groups is 1. The first-order valence-corrected chi connectivity index (χ1v) is 21.0. The van der Waals surface area contributed by atoms with Gasteiger partial charge in [-0.2, -0.15) is 0 Å². The number of likely N-dealkylation sites (tertiary alicyclic amines) is 2. The summed E-state index contributed by atoms with van der Waals surface area (Å²) in [4.78, 5) is 68.6. The second-order valence-electron chi connectivity index (χ2n) is 17.4. The van der Waals surface area contributed by atoms with E-state index >= 15 is 0 Å². The molecular formula is C48H58N6O6. The number of amides is 3. The van der Waals surface area contributed by atoms with Crippen LogP contribution in [0.15, 0.2) is 52.7 Å². The summed E-state index contributed by atoms with van der Waals surface area (Å²) in [5, 5.41) is 4.79. The molecule has 1 unspecified atom stereocenters. The molecule has 12 nitrogen and oxygen atoms in total. The Balaban J connectivity index is 1.12. The van der Waals surface area contributed by atoms with Crippen LogP contribution in [-0.2, 0) is 23.9 Å². The number of nitrogens with zero attached hydrogens (tertiary/aromatic N) is 4. The zero-order valence-electron chi connectivity index (χ0n) is 36.6. The van der Waals surface area contributed by atoms with E-state index in [0.29, 0.717) is 36.9 Å². The molecule has 4 heterocycles. The van der Waals surface area contributed by atoms with Crippen LogP contribution in [0.1, 0.15) is 109 Å². The molecule has 0 saturated carbocycles. The predicted octanol–water partition coefficient (Wildman–Crippen LogP) is 7.10. The molecule has 2 aromatic carbocycles. The Bertz CT molecular complexity index is 2350. The van der Waals surface area contributed by atoms with Gasteiger partial charge in [0.25, 0.3) is 0 Å². The molecule has 0 aliphatic carbocycles. The fourth-order valence-corrected chi connectivity index (χ4v) is 8.52. The summed E-state index contributed by atoms with van der Waals surface area (Å²) in [6.07, 6.45) is 1.62. The number of esters is 1. The number of benzene rings is 2. The van der Waals surface area contributed by atoms with Crippen LogP contribution in [0.2, 0.25) is 0 Å². The van der Waals surface area contributed by atoms with Crippen LogP contribution in [0.5, 0.6) is 0 Å². The molecule has 2 saturated heterocycles. The molecule has 0 radical (unpaired) electrons. The van der Waals surface area contributed by atoms with E-state index in [1.165, 1.54) is 14.2 Å². The van der Waals surface area contributed by atoms with Gasteiger partial charge >= 0.3 is 12.1 Å². The first kappa shape index (κ1) is 43.7. The van der Waals surface area contributed by atoms with Crippen molar-refractivity contribution in [2.45, 2.75) is 99.2 Å². The maximum absolute atomic E-state index is 13.8. The summed E-state index contributed by atoms with van der Waals surface area (Å²) in [6, 6.07) is 11.1. The molecule has 0 bridgehead atoms. The lowest BCUT2D eigenvalue weighted by molar-refractivity contribution is -0.148. The molecule has 60 heavy (non-hydrogen) atoms.